The number of benzene rings is 2. The van der Waals surface area contributed by atoms with Crippen LogP contribution in [0.1, 0.15) is 12.6 Å². The molecule has 128 valence electrons. The highest BCUT2D eigenvalue weighted by Crippen LogP contribution is 2.21. The van der Waals surface area contributed by atoms with Crippen LogP contribution in [-0.2, 0) is 0 Å². The molecule has 3 rings (SSSR count). The zero-order valence-corrected chi connectivity index (χ0v) is 14.1. The predicted octanol–water partition coefficient (Wildman–Crippen LogP) is 4.81. The Bertz CT molecular complexity index is 835. The number of rotatable bonds is 6. The van der Waals surface area contributed by atoms with Gasteiger partial charge in [-0.15, -0.1) is 0 Å². The Hall–Kier alpha value is -3.15. The number of nitrogens with zero attached hydrogens (tertiary/aromatic N) is 2. The molecule has 6 heteroatoms. The van der Waals surface area contributed by atoms with Crippen LogP contribution in [0.2, 0.25) is 0 Å². The molecule has 3 aromatic rings. The Balaban J connectivity index is 1.75. The summed E-state index contributed by atoms with van der Waals surface area (Å²) in [6, 6.07) is 15.6. The van der Waals surface area contributed by atoms with E-state index in [9.17, 15) is 4.39 Å². The van der Waals surface area contributed by atoms with Crippen LogP contribution in [0.15, 0.2) is 54.6 Å². The third-order valence-electron chi connectivity index (χ3n) is 3.39. The number of aryl methyl sites for hydroxylation is 1. The van der Waals surface area contributed by atoms with Gasteiger partial charge in [-0.05, 0) is 62.4 Å². The summed E-state index contributed by atoms with van der Waals surface area (Å²) >= 11 is 0. The molecule has 0 radical (unpaired) electrons. The first-order valence-corrected chi connectivity index (χ1v) is 8.00. The van der Waals surface area contributed by atoms with Crippen molar-refractivity contribution in [2.75, 3.05) is 17.2 Å². The lowest BCUT2D eigenvalue weighted by atomic mass is 10.3. The molecule has 0 spiro atoms. The third kappa shape index (κ3) is 4.67. The van der Waals surface area contributed by atoms with Crippen molar-refractivity contribution in [3.8, 4) is 5.75 Å². The largest absolute Gasteiger partial charge is 0.494 e. The second-order valence-corrected chi connectivity index (χ2v) is 5.43. The van der Waals surface area contributed by atoms with E-state index in [1.165, 1.54) is 12.1 Å². The average molecular weight is 338 g/mol. The standard InChI is InChI=1S/C19H19FN4O/c1-3-25-17-10-8-15(9-11-17)22-18-12-13(2)21-19(24-18)23-16-6-4-14(20)5-7-16/h4-12H,3H2,1-2H3,(H2,21,22,23,24). The van der Waals surface area contributed by atoms with E-state index in [4.69, 9.17) is 4.74 Å². The van der Waals surface area contributed by atoms with Crippen LogP contribution in [0.5, 0.6) is 5.75 Å². The number of halogens is 1. The van der Waals surface area contributed by atoms with Gasteiger partial charge in [-0.25, -0.2) is 9.37 Å². The van der Waals surface area contributed by atoms with Gasteiger partial charge in [-0.2, -0.15) is 4.98 Å². The Labute approximate surface area is 145 Å². The fraction of sp³-hybridized carbons (Fsp3) is 0.158. The zero-order valence-electron chi connectivity index (χ0n) is 14.1. The van der Waals surface area contributed by atoms with Gasteiger partial charge in [0.05, 0.1) is 6.61 Å². The van der Waals surface area contributed by atoms with Crippen LogP contribution >= 0.6 is 0 Å². The summed E-state index contributed by atoms with van der Waals surface area (Å²) in [6.07, 6.45) is 0. The van der Waals surface area contributed by atoms with Gasteiger partial charge in [0.15, 0.2) is 0 Å². The molecule has 0 fully saturated rings. The molecule has 0 amide bonds. The van der Waals surface area contributed by atoms with Crippen LogP contribution in [0, 0.1) is 12.7 Å². The highest BCUT2D eigenvalue weighted by molar-refractivity contribution is 5.60. The van der Waals surface area contributed by atoms with Crippen molar-refractivity contribution in [2.24, 2.45) is 0 Å². The van der Waals surface area contributed by atoms with E-state index in [1.54, 1.807) is 12.1 Å². The monoisotopic (exact) mass is 338 g/mol. The Morgan fingerprint density at radius 3 is 2.24 bits per heavy atom. The lowest BCUT2D eigenvalue weighted by molar-refractivity contribution is 0.340. The molecule has 1 aromatic heterocycles. The summed E-state index contributed by atoms with van der Waals surface area (Å²) in [5.74, 6) is 1.65. The topological polar surface area (TPSA) is 59.1 Å². The van der Waals surface area contributed by atoms with Crippen molar-refractivity contribution in [1.82, 2.24) is 9.97 Å². The summed E-state index contributed by atoms with van der Waals surface area (Å²) in [5, 5.41) is 6.32. The molecule has 25 heavy (non-hydrogen) atoms. The smallest absolute Gasteiger partial charge is 0.229 e. The van der Waals surface area contributed by atoms with Crippen molar-refractivity contribution < 1.29 is 9.13 Å². The number of aromatic nitrogens is 2. The molecule has 0 aliphatic rings. The molecular formula is C19H19FN4O. The van der Waals surface area contributed by atoms with E-state index in [2.05, 4.69) is 20.6 Å². The lowest BCUT2D eigenvalue weighted by Gasteiger charge is -2.10. The minimum absolute atomic E-state index is 0.284. The molecule has 0 aliphatic carbocycles. The maximum absolute atomic E-state index is 13.0. The first-order chi connectivity index (χ1) is 12.1. The van der Waals surface area contributed by atoms with Crippen molar-refractivity contribution in [2.45, 2.75) is 13.8 Å². The highest BCUT2D eigenvalue weighted by atomic mass is 19.1. The highest BCUT2D eigenvalue weighted by Gasteiger charge is 2.04. The van der Waals surface area contributed by atoms with Gasteiger partial charge in [0.2, 0.25) is 5.95 Å². The second-order valence-electron chi connectivity index (χ2n) is 5.43. The van der Waals surface area contributed by atoms with Gasteiger partial charge >= 0.3 is 0 Å². The first-order valence-electron chi connectivity index (χ1n) is 8.00. The van der Waals surface area contributed by atoms with Gasteiger partial charge in [-0.3, -0.25) is 0 Å². The van der Waals surface area contributed by atoms with E-state index in [-0.39, 0.29) is 5.82 Å². The molecule has 2 N–H and O–H groups in total. The van der Waals surface area contributed by atoms with Crippen LogP contribution in [-0.4, -0.2) is 16.6 Å². The number of hydrogen-bond acceptors (Lipinski definition) is 5. The van der Waals surface area contributed by atoms with E-state index >= 15 is 0 Å². The van der Waals surface area contributed by atoms with Crippen molar-refractivity contribution in [1.29, 1.82) is 0 Å². The maximum Gasteiger partial charge on any atom is 0.229 e. The maximum atomic E-state index is 13.0. The second kappa shape index (κ2) is 7.61. The zero-order chi connectivity index (χ0) is 17.6. The summed E-state index contributed by atoms with van der Waals surface area (Å²) in [6.45, 7) is 4.47. The minimum Gasteiger partial charge on any atom is -0.494 e. The molecule has 2 aromatic carbocycles. The third-order valence-corrected chi connectivity index (χ3v) is 3.39. The van der Waals surface area contributed by atoms with Gasteiger partial charge in [-0.1, -0.05) is 0 Å². The molecule has 0 saturated carbocycles. The van der Waals surface area contributed by atoms with E-state index in [0.29, 0.717) is 18.4 Å². The average Bonchev–Trinajstić information content (AvgIpc) is 2.58. The Morgan fingerprint density at radius 2 is 1.56 bits per heavy atom. The van der Waals surface area contributed by atoms with Crippen LogP contribution in [0.25, 0.3) is 0 Å². The van der Waals surface area contributed by atoms with Crippen molar-refractivity contribution in [3.05, 3.63) is 66.1 Å². The van der Waals surface area contributed by atoms with Crippen molar-refractivity contribution in [3.63, 3.8) is 0 Å². The van der Waals surface area contributed by atoms with Gasteiger partial charge < -0.3 is 15.4 Å². The molecule has 0 bridgehead atoms. The molecule has 0 aliphatic heterocycles. The van der Waals surface area contributed by atoms with Gasteiger partial charge in [0, 0.05) is 23.1 Å². The number of hydrogen-bond donors (Lipinski definition) is 2. The summed E-state index contributed by atoms with van der Waals surface area (Å²) in [4.78, 5) is 8.80. The molecule has 0 saturated heterocycles. The summed E-state index contributed by atoms with van der Waals surface area (Å²) in [7, 11) is 0. The number of anilines is 4. The van der Waals surface area contributed by atoms with Gasteiger partial charge in [0.1, 0.15) is 17.4 Å². The fourth-order valence-electron chi connectivity index (χ4n) is 2.30. The molecule has 1 heterocycles. The minimum atomic E-state index is -0.284. The first kappa shape index (κ1) is 16.7. The van der Waals surface area contributed by atoms with Crippen molar-refractivity contribution >= 4 is 23.1 Å². The Morgan fingerprint density at radius 1 is 0.920 bits per heavy atom. The Kier molecular flexibility index (Phi) is 5.09. The predicted molar refractivity (Wildman–Crippen MR) is 97.3 cm³/mol. The quantitative estimate of drug-likeness (QED) is 0.675. The molecule has 0 unspecified atom stereocenters. The lowest BCUT2D eigenvalue weighted by Crippen LogP contribution is -2.02. The van der Waals surface area contributed by atoms with Crippen LogP contribution in [0.3, 0.4) is 0 Å². The summed E-state index contributed by atoms with van der Waals surface area (Å²) < 4.78 is 18.4. The van der Waals surface area contributed by atoms with E-state index in [1.807, 2.05) is 44.2 Å². The van der Waals surface area contributed by atoms with E-state index < -0.39 is 0 Å². The SMILES string of the molecule is CCOc1ccc(Nc2cc(C)nc(Nc3ccc(F)cc3)n2)cc1. The summed E-state index contributed by atoms with van der Waals surface area (Å²) in [5.41, 5.74) is 2.43. The fourth-order valence-corrected chi connectivity index (χ4v) is 2.30. The van der Waals surface area contributed by atoms with E-state index in [0.717, 1.165) is 22.8 Å². The normalized spacial score (nSPS) is 10.4. The van der Waals surface area contributed by atoms with Gasteiger partial charge in [0.25, 0.3) is 0 Å². The molecular weight excluding hydrogens is 319 g/mol. The number of ether oxygens (including phenoxy) is 1. The molecule has 5 nitrogen and oxygen atoms in total. The van der Waals surface area contributed by atoms with Crippen LogP contribution in [0.4, 0.5) is 27.5 Å². The number of nitrogens with one attached hydrogen (secondary N) is 2. The molecule has 0 atom stereocenters. The van der Waals surface area contributed by atoms with Crippen LogP contribution < -0.4 is 15.4 Å².